The Kier molecular flexibility index (Phi) is 4.37. The smallest absolute Gasteiger partial charge is 0.228 e. The number of rotatable bonds is 2. The fourth-order valence-corrected chi connectivity index (χ4v) is 3.35. The third kappa shape index (κ3) is 3.35. The molecule has 0 spiro atoms. The van der Waals surface area contributed by atoms with Crippen LogP contribution in [0.5, 0.6) is 0 Å². The summed E-state index contributed by atoms with van der Waals surface area (Å²) < 4.78 is 0. The molecule has 7 heteroatoms. The molecule has 0 fully saturated rings. The summed E-state index contributed by atoms with van der Waals surface area (Å²) in [7, 11) is 0. The Morgan fingerprint density at radius 3 is 2.68 bits per heavy atom. The van der Waals surface area contributed by atoms with Crippen LogP contribution in [-0.2, 0) is 4.79 Å². The van der Waals surface area contributed by atoms with E-state index in [0.717, 1.165) is 28.7 Å². The van der Waals surface area contributed by atoms with Crippen LogP contribution in [0, 0.1) is 5.41 Å². The summed E-state index contributed by atoms with van der Waals surface area (Å²) in [6.45, 7) is 7.09. The number of H-pyrrole nitrogens is 1. The SMILES string of the molecule is CC(C)(C)C(=O)N1CC=C(c2cnc(N)c(-c3nc4ccccc4[nH]3)n2)CC1. The largest absolute Gasteiger partial charge is 0.382 e. The summed E-state index contributed by atoms with van der Waals surface area (Å²) in [5, 5.41) is 0. The van der Waals surface area contributed by atoms with E-state index in [1.54, 1.807) is 6.20 Å². The van der Waals surface area contributed by atoms with E-state index in [1.165, 1.54) is 0 Å². The molecule has 4 rings (SSSR count). The highest BCUT2D eigenvalue weighted by Crippen LogP contribution is 2.28. The molecule has 3 heterocycles. The first kappa shape index (κ1) is 18.2. The summed E-state index contributed by atoms with van der Waals surface area (Å²) in [6.07, 6.45) is 4.48. The van der Waals surface area contributed by atoms with Gasteiger partial charge in [-0.1, -0.05) is 39.0 Å². The van der Waals surface area contributed by atoms with Crippen molar-refractivity contribution in [3.63, 3.8) is 0 Å². The van der Waals surface area contributed by atoms with E-state index in [2.05, 4.69) is 21.0 Å². The zero-order valence-corrected chi connectivity index (χ0v) is 16.4. The Balaban J connectivity index is 1.63. The summed E-state index contributed by atoms with van der Waals surface area (Å²) in [5.41, 5.74) is 9.88. The van der Waals surface area contributed by atoms with Gasteiger partial charge in [0, 0.05) is 18.5 Å². The van der Waals surface area contributed by atoms with Crippen LogP contribution in [0.3, 0.4) is 0 Å². The Labute approximate surface area is 163 Å². The van der Waals surface area contributed by atoms with Crippen molar-refractivity contribution in [3.05, 3.63) is 42.2 Å². The number of hydrogen-bond donors (Lipinski definition) is 2. The van der Waals surface area contributed by atoms with Gasteiger partial charge in [0.05, 0.1) is 22.9 Å². The molecule has 0 saturated heterocycles. The van der Waals surface area contributed by atoms with Crippen LogP contribution in [0.4, 0.5) is 5.82 Å². The van der Waals surface area contributed by atoms with Crippen molar-refractivity contribution in [2.75, 3.05) is 18.8 Å². The molecule has 3 N–H and O–H groups in total. The fourth-order valence-electron chi connectivity index (χ4n) is 3.35. The number of benzene rings is 1. The van der Waals surface area contributed by atoms with Gasteiger partial charge in [0.2, 0.25) is 5.91 Å². The number of para-hydroxylation sites is 2. The van der Waals surface area contributed by atoms with Crippen LogP contribution in [0.25, 0.3) is 28.1 Å². The second-order valence-electron chi connectivity index (χ2n) is 8.07. The maximum atomic E-state index is 12.5. The Morgan fingerprint density at radius 1 is 1.21 bits per heavy atom. The second-order valence-corrected chi connectivity index (χ2v) is 8.07. The van der Waals surface area contributed by atoms with Crippen molar-refractivity contribution in [3.8, 4) is 11.5 Å². The van der Waals surface area contributed by atoms with Crippen molar-refractivity contribution in [1.82, 2.24) is 24.8 Å². The van der Waals surface area contributed by atoms with Gasteiger partial charge < -0.3 is 15.6 Å². The van der Waals surface area contributed by atoms with E-state index in [4.69, 9.17) is 10.7 Å². The molecule has 3 aromatic rings. The molecule has 0 radical (unpaired) electrons. The molecule has 0 saturated carbocycles. The zero-order valence-electron chi connectivity index (χ0n) is 16.4. The van der Waals surface area contributed by atoms with Gasteiger partial charge in [0.15, 0.2) is 11.6 Å². The number of carbonyl (C=O) groups excluding carboxylic acids is 1. The normalized spacial score (nSPS) is 15.0. The average Bonchev–Trinajstić information content (AvgIpc) is 3.11. The minimum atomic E-state index is -0.374. The van der Waals surface area contributed by atoms with Crippen LogP contribution < -0.4 is 5.73 Å². The van der Waals surface area contributed by atoms with Crippen LogP contribution in [0.15, 0.2) is 36.5 Å². The average molecular weight is 376 g/mol. The molecule has 1 aliphatic heterocycles. The molecule has 1 aliphatic rings. The molecular formula is C21H24N6O. The summed E-state index contributed by atoms with van der Waals surface area (Å²) in [6, 6.07) is 7.79. The number of carbonyl (C=O) groups is 1. The molecule has 1 aromatic carbocycles. The molecule has 0 aliphatic carbocycles. The van der Waals surface area contributed by atoms with Crippen molar-refractivity contribution < 1.29 is 4.79 Å². The van der Waals surface area contributed by atoms with Gasteiger partial charge in [-0.05, 0) is 24.1 Å². The zero-order chi connectivity index (χ0) is 19.9. The first-order valence-electron chi connectivity index (χ1n) is 9.39. The van der Waals surface area contributed by atoms with E-state index >= 15 is 0 Å². The van der Waals surface area contributed by atoms with Gasteiger partial charge in [-0.25, -0.2) is 15.0 Å². The lowest BCUT2D eigenvalue weighted by Crippen LogP contribution is -2.41. The molecular weight excluding hydrogens is 352 g/mol. The predicted molar refractivity (Wildman–Crippen MR) is 110 cm³/mol. The number of nitrogens with one attached hydrogen (secondary N) is 1. The molecule has 1 amide bonds. The molecule has 144 valence electrons. The Bertz CT molecular complexity index is 1040. The van der Waals surface area contributed by atoms with Gasteiger partial charge in [-0.3, -0.25) is 4.79 Å². The molecule has 0 unspecified atom stereocenters. The third-order valence-corrected chi connectivity index (χ3v) is 4.88. The van der Waals surface area contributed by atoms with E-state index in [9.17, 15) is 4.79 Å². The lowest BCUT2D eigenvalue weighted by Gasteiger charge is -2.31. The van der Waals surface area contributed by atoms with Gasteiger partial charge >= 0.3 is 0 Å². The number of nitrogens with two attached hydrogens (primary N) is 1. The standard InChI is InChI=1S/C21H24N6O/c1-21(2,3)20(28)27-10-8-13(9-11-27)16-12-23-18(22)17(24-16)19-25-14-6-4-5-7-15(14)26-19/h4-8,12H,9-11H2,1-3H3,(H2,22,23)(H,25,26). The number of nitrogen functional groups attached to an aromatic ring is 1. The van der Waals surface area contributed by atoms with Crippen LogP contribution in [-0.4, -0.2) is 43.8 Å². The van der Waals surface area contributed by atoms with Crippen LogP contribution in [0.2, 0.25) is 0 Å². The molecule has 0 atom stereocenters. The Morgan fingerprint density at radius 2 is 2.00 bits per heavy atom. The highest BCUT2D eigenvalue weighted by atomic mass is 16.2. The first-order valence-corrected chi connectivity index (χ1v) is 9.39. The van der Waals surface area contributed by atoms with Gasteiger partial charge in [0.25, 0.3) is 0 Å². The van der Waals surface area contributed by atoms with Crippen molar-refractivity contribution in [1.29, 1.82) is 0 Å². The highest BCUT2D eigenvalue weighted by Gasteiger charge is 2.28. The number of imidazole rings is 1. The van der Waals surface area contributed by atoms with Crippen molar-refractivity contribution in [2.24, 2.45) is 5.41 Å². The fraction of sp³-hybridized carbons (Fsp3) is 0.333. The number of fused-ring (bicyclic) bond motifs is 1. The maximum Gasteiger partial charge on any atom is 0.228 e. The van der Waals surface area contributed by atoms with Crippen molar-refractivity contribution >= 4 is 28.3 Å². The maximum absolute atomic E-state index is 12.5. The van der Waals surface area contributed by atoms with E-state index in [-0.39, 0.29) is 11.3 Å². The number of amides is 1. The molecule has 2 aromatic heterocycles. The van der Waals surface area contributed by atoms with E-state index in [0.29, 0.717) is 30.4 Å². The number of nitrogens with zero attached hydrogens (tertiary/aromatic N) is 4. The van der Waals surface area contributed by atoms with Gasteiger partial charge in [-0.2, -0.15) is 0 Å². The third-order valence-electron chi connectivity index (χ3n) is 4.88. The predicted octanol–water partition coefficient (Wildman–Crippen LogP) is 3.26. The number of hydrogen-bond acceptors (Lipinski definition) is 5. The molecule has 28 heavy (non-hydrogen) atoms. The highest BCUT2D eigenvalue weighted by molar-refractivity contribution is 5.83. The molecule has 7 nitrogen and oxygen atoms in total. The van der Waals surface area contributed by atoms with E-state index in [1.807, 2.05) is 49.9 Å². The van der Waals surface area contributed by atoms with Crippen LogP contribution >= 0.6 is 0 Å². The lowest BCUT2D eigenvalue weighted by atomic mass is 9.93. The minimum Gasteiger partial charge on any atom is -0.382 e. The lowest BCUT2D eigenvalue weighted by molar-refractivity contribution is -0.139. The van der Waals surface area contributed by atoms with Crippen molar-refractivity contribution in [2.45, 2.75) is 27.2 Å². The summed E-state index contributed by atoms with van der Waals surface area (Å²) in [4.78, 5) is 31.2. The first-order chi connectivity index (χ1) is 13.3. The topological polar surface area (TPSA) is 101 Å². The van der Waals surface area contributed by atoms with Gasteiger partial charge in [0.1, 0.15) is 5.69 Å². The quantitative estimate of drug-likeness (QED) is 0.715. The molecule has 0 bridgehead atoms. The second kappa shape index (κ2) is 6.74. The Hall–Kier alpha value is -3.22. The van der Waals surface area contributed by atoms with E-state index < -0.39 is 0 Å². The summed E-state index contributed by atoms with van der Waals surface area (Å²) in [5.74, 6) is 1.10. The summed E-state index contributed by atoms with van der Waals surface area (Å²) >= 11 is 0. The van der Waals surface area contributed by atoms with Crippen LogP contribution in [0.1, 0.15) is 32.9 Å². The minimum absolute atomic E-state index is 0.161. The van der Waals surface area contributed by atoms with Gasteiger partial charge in [-0.15, -0.1) is 0 Å². The number of anilines is 1. The monoisotopic (exact) mass is 376 g/mol. The number of aromatic amines is 1. The number of aromatic nitrogens is 4.